The van der Waals surface area contributed by atoms with Crippen molar-refractivity contribution in [1.82, 2.24) is 9.80 Å². The first-order valence-electron chi connectivity index (χ1n) is 9.08. The molecule has 0 aliphatic carbocycles. The number of ether oxygens (including phenoxy) is 1. The fraction of sp³-hybridized carbons (Fsp3) is 0.286. The first-order chi connectivity index (χ1) is 13.5. The van der Waals surface area contributed by atoms with E-state index in [9.17, 15) is 19.5 Å². The highest BCUT2D eigenvalue weighted by molar-refractivity contribution is 6.05. The van der Waals surface area contributed by atoms with Crippen LogP contribution in [-0.2, 0) is 16.1 Å². The summed E-state index contributed by atoms with van der Waals surface area (Å²) in [5.41, 5.74) is 1.65. The number of rotatable bonds is 4. The molecule has 1 N–H and O–H groups in total. The topological polar surface area (TPSA) is 87.2 Å². The van der Waals surface area contributed by atoms with E-state index in [-0.39, 0.29) is 31.2 Å². The number of nitrogens with zero attached hydrogens (tertiary/aromatic N) is 2. The number of imide groups is 1. The molecule has 2 unspecified atom stereocenters. The Morgan fingerprint density at radius 2 is 1.79 bits per heavy atom. The van der Waals surface area contributed by atoms with Gasteiger partial charge in [0.25, 0.3) is 11.8 Å². The van der Waals surface area contributed by atoms with Crippen LogP contribution >= 0.6 is 0 Å². The third-order valence-electron chi connectivity index (χ3n) is 5.29. The predicted molar refractivity (Wildman–Crippen MR) is 99.1 cm³/mol. The van der Waals surface area contributed by atoms with E-state index < -0.39 is 18.2 Å². The van der Waals surface area contributed by atoms with E-state index in [1.807, 2.05) is 0 Å². The minimum absolute atomic E-state index is 0.114. The number of amides is 3. The number of aliphatic hydroxyl groups excluding tert-OH is 1. The normalized spacial score (nSPS) is 21.9. The van der Waals surface area contributed by atoms with Crippen LogP contribution in [0.5, 0.6) is 5.75 Å². The fourth-order valence-corrected chi connectivity index (χ4v) is 3.79. The Bertz CT molecular complexity index is 940. The van der Waals surface area contributed by atoms with Gasteiger partial charge in [-0.15, -0.1) is 0 Å². The largest absolute Gasteiger partial charge is 0.497 e. The lowest BCUT2D eigenvalue weighted by Crippen LogP contribution is -2.55. The van der Waals surface area contributed by atoms with Crippen molar-refractivity contribution in [3.63, 3.8) is 0 Å². The molecule has 2 aromatic carbocycles. The van der Waals surface area contributed by atoms with Crippen LogP contribution in [0.25, 0.3) is 0 Å². The van der Waals surface area contributed by atoms with Gasteiger partial charge in [0.15, 0.2) is 6.23 Å². The number of carbonyl (C=O) groups excluding carboxylic acids is 3. The fourth-order valence-electron chi connectivity index (χ4n) is 3.79. The van der Waals surface area contributed by atoms with Gasteiger partial charge in [-0.05, 0) is 30.2 Å². The van der Waals surface area contributed by atoms with Gasteiger partial charge in [0, 0.05) is 17.5 Å². The van der Waals surface area contributed by atoms with Gasteiger partial charge >= 0.3 is 0 Å². The molecule has 1 saturated heterocycles. The van der Waals surface area contributed by atoms with Gasteiger partial charge in [0.05, 0.1) is 13.7 Å². The molecule has 0 spiro atoms. The first-order valence-corrected chi connectivity index (χ1v) is 9.08. The number of piperidine rings is 1. The van der Waals surface area contributed by atoms with Crippen molar-refractivity contribution in [2.24, 2.45) is 0 Å². The molecule has 28 heavy (non-hydrogen) atoms. The van der Waals surface area contributed by atoms with Gasteiger partial charge in [-0.3, -0.25) is 24.2 Å². The van der Waals surface area contributed by atoms with E-state index >= 15 is 0 Å². The number of fused-ring (bicyclic) bond motifs is 1. The SMILES string of the molecule is COc1ccc(CN2C(=O)CCC(N3C(=O)c4ccccc4C3O)C2=O)cc1. The molecule has 1 fully saturated rings. The molecular weight excluding hydrogens is 360 g/mol. The highest BCUT2D eigenvalue weighted by Crippen LogP contribution is 2.36. The molecule has 144 valence electrons. The van der Waals surface area contributed by atoms with E-state index in [4.69, 9.17) is 4.74 Å². The van der Waals surface area contributed by atoms with Crippen LogP contribution in [0.2, 0.25) is 0 Å². The molecule has 0 bridgehead atoms. The molecule has 2 aliphatic heterocycles. The summed E-state index contributed by atoms with van der Waals surface area (Å²) in [6.45, 7) is 0.114. The summed E-state index contributed by atoms with van der Waals surface area (Å²) in [6, 6.07) is 13.0. The maximum Gasteiger partial charge on any atom is 0.257 e. The molecule has 4 rings (SSSR count). The highest BCUT2D eigenvalue weighted by Gasteiger charge is 2.46. The Labute approximate surface area is 162 Å². The van der Waals surface area contributed by atoms with E-state index in [0.717, 1.165) is 5.56 Å². The number of aliphatic hydroxyl groups is 1. The molecule has 3 amide bonds. The molecule has 7 heteroatoms. The Balaban J connectivity index is 1.57. The molecule has 2 atom stereocenters. The highest BCUT2D eigenvalue weighted by atomic mass is 16.5. The number of benzene rings is 2. The minimum Gasteiger partial charge on any atom is -0.497 e. The third-order valence-corrected chi connectivity index (χ3v) is 5.29. The quantitative estimate of drug-likeness (QED) is 0.818. The van der Waals surface area contributed by atoms with Gasteiger partial charge in [-0.25, -0.2) is 0 Å². The van der Waals surface area contributed by atoms with Crippen LogP contribution in [0.1, 0.15) is 40.6 Å². The average Bonchev–Trinajstić information content (AvgIpc) is 2.97. The monoisotopic (exact) mass is 380 g/mol. The van der Waals surface area contributed by atoms with Crippen molar-refractivity contribution in [3.8, 4) is 5.75 Å². The summed E-state index contributed by atoms with van der Waals surface area (Å²) >= 11 is 0. The predicted octanol–water partition coefficient (Wildman–Crippen LogP) is 1.86. The summed E-state index contributed by atoms with van der Waals surface area (Å²) in [7, 11) is 1.56. The first kappa shape index (κ1) is 18.2. The van der Waals surface area contributed by atoms with Crippen LogP contribution < -0.4 is 4.74 Å². The lowest BCUT2D eigenvalue weighted by molar-refractivity contribution is -0.155. The van der Waals surface area contributed by atoms with E-state index in [2.05, 4.69) is 0 Å². The number of likely N-dealkylation sites (tertiary alicyclic amines) is 1. The molecule has 0 saturated carbocycles. The second-order valence-electron chi connectivity index (χ2n) is 6.89. The minimum atomic E-state index is -1.19. The Morgan fingerprint density at radius 3 is 2.46 bits per heavy atom. The molecule has 0 radical (unpaired) electrons. The summed E-state index contributed by atoms with van der Waals surface area (Å²) in [4.78, 5) is 40.6. The molecular formula is C21H20N2O5. The summed E-state index contributed by atoms with van der Waals surface area (Å²) in [5, 5.41) is 10.6. The van der Waals surface area contributed by atoms with Crippen LogP contribution in [0.15, 0.2) is 48.5 Å². The molecule has 2 aromatic rings. The Kier molecular flexibility index (Phi) is 4.60. The van der Waals surface area contributed by atoms with Gasteiger partial charge in [0.1, 0.15) is 11.8 Å². The van der Waals surface area contributed by atoms with Crippen LogP contribution in [0.4, 0.5) is 0 Å². The zero-order chi connectivity index (χ0) is 19.8. The number of hydrogen-bond donors (Lipinski definition) is 1. The van der Waals surface area contributed by atoms with Crippen LogP contribution in [0, 0.1) is 0 Å². The molecule has 0 aromatic heterocycles. The molecule has 2 aliphatic rings. The van der Waals surface area contributed by atoms with Crippen molar-refractivity contribution in [1.29, 1.82) is 0 Å². The van der Waals surface area contributed by atoms with Gasteiger partial charge in [-0.1, -0.05) is 30.3 Å². The average molecular weight is 380 g/mol. The number of methoxy groups -OCH3 is 1. The number of carbonyl (C=O) groups is 3. The van der Waals surface area contributed by atoms with Crippen LogP contribution in [0.3, 0.4) is 0 Å². The van der Waals surface area contributed by atoms with Crippen molar-refractivity contribution >= 4 is 17.7 Å². The van der Waals surface area contributed by atoms with Crippen molar-refractivity contribution in [2.75, 3.05) is 7.11 Å². The van der Waals surface area contributed by atoms with E-state index in [0.29, 0.717) is 16.9 Å². The van der Waals surface area contributed by atoms with Gasteiger partial charge < -0.3 is 9.84 Å². The molecule has 7 nitrogen and oxygen atoms in total. The van der Waals surface area contributed by atoms with Gasteiger partial charge in [-0.2, -0.15) is 0 Å². The Morgan fingerprint density at radius 1 is 1.07 bits per heavy atom. The van der Waals surface area contributed by atoms with Crippen molar-refractivity contribution < 1.29 is 24.2 Å². The summed E-state index contributed by atoms with van der Waals surface area (Å²) < 4.78 is 5.12. The zero-order valence-corrected chi connectivity index (χ0v) is 15.4. The van der Waals surface area contributed by atoms with Crippen LogP contribution in [-0.4, -0.2) is 45.8 Å². The lowest BCUT2D eigenvalue weighted by Gasteiger charge is -2.37. The van der Waals surface area contributed by atoms with Crippen molar-refractivity contribution in [3.05, 3.63) is 65.2 Å². The standard InChI is InChI=1S/C21H20N2O5/c1-28-14-8-6-13(7-9-14)12-22-18(24)11-10-17(21(22)27)23-19(25)15-4-2-3-5-16(15)20(23)26/h2-9,17,19,25H,10-12H2,1H3. The zero-order valence-electron chi connectivity index (χ0n) is 15.4. The Hall–Kier alpha value is -3.19. The third kappa shape index (κ3) is 2.93. The maximum absolute atomic E-state index is 13.1. The van der Waals surface area contributed by atoms with E-state index in [1.54, 1.807) is 55.6 Å². The van der Waals surface area contributed by atoms with E-state index in [1.165, 1.54) is 9.80 Å². The maximum atomic E-state index is 13.1. The van der Waals surface area contributed by atoms with Crippen molar-refractivity contribution in [2.45, 2.75) is 31.7 Å². The second-order valence-corrected chi connectivity index (χ2v) is 6.89. The number of hydrogen-bond acceptors (Lipinski definition) is 5. The molecule has 2 heterocycles. The second kappa shape index (κ2) is 7.09. The summed E-state index contributed by atoms with van der Waals surface area (Å²) in [6.07, 6.45) is -0.846. The van der Waals surface area contributed by atoms with Gasteiger partial charge in [0.2, 0.25) is 5.91 Å². The summed E-state index contributed by atoms with van der Waals surface area (Å²) in [5.74, 6) is -0.454. The lowest BCUT2D eigenvalue weighted by atomic mass is 10.0. The smallest absolute Gasteiger partial charge is 0.257 e.